The van der Waals surface area contributed by atoms with Crippen LogP contribution in [0.3, 0.4) is 0 Å². The van der Waals surface area contributed by atoms with Crippen LogP contribution in [0.2, 0.25) is 0 Å². The Morgan fingerprint density at radius 1 is 0.339 bits per heavy atom. The first kappa shape index (κ1) is 52.6. The van der Waals surface area contributed by atoms with E-state index in [1.165, 1.54) is 22.5 Å². The van der Waals surface area contributed by atoms with Gasteiger partial charge in [0.15, 0.2) is 50.3 Å². The molecule has 0 fully saturated rings. The molecule has 0 bridgehead atoms. The van der Waals surface area contributed by atoms with Crippen molar-refractivity contribution in [2.24, 2.45) is 14.1 Å². The first-order chi connectivity index (χ1) is 23.5. The van der Waals surface area contributed by atoms with E-state index in [9.17, 15) is 101 Å². The Kier molecular flexibility index (Phi) is 12.8. The molecule has 0 aliphatic rings. The Morgan fingerprint density at radius 3 is 0.714 bits per heavy atom. The van der Waals surface area contributed by atoms with Crippen molar-refractivity contribution in [2.45, 2.75) is 13.1 Å². The molecule has 4 heterocycles. The summed E-state index contributed by atoms with van der Waals surface area (Å²) < 4.78 is 246. The van der Waals surface area contributed by atoms with Crippen LogP contribution >= 0.6 is 31.2 Å². The monoisotopic (exact) mass is 950 g/mol. The zero-order valence-corrected chi connectivity index (χ0v) is 30.9. The molecular formula is C24H26F24N4P4. The zero-order valence-electron chi connectivity index (χ0n) is 27.3. The number of nitrogens with zero attached hydrogens (tertiary/aromatic N) is 4. The number of halogens is 24. The molecule has 56 heavy (non-hydrogen) atoms. The van der Waals surface area contributed by atoms with Crippen LogP contribution in [0.25, 0.3) is 11.4 Å². The van der Waals surface area contributed by atoms with Crippen LogP contribution in [0.4, 0.5) is 101 Å². The average molecular weight is 950 g/mol. The van der Waals surface area contributed by atoms with Gasteiger partial charge in [0, 0.05) is 36.4 Å². The Bertz CT molecular complexity index is 1700. The van der Waals surface area contributed by atoms with Gasteiger partial charge in [-0.25, -0.2) is 9.13 Å². The predicted molar refractivity (Wildman–Crippen MR) is 160 cm³/mol. The van der Waals surface area contributed by atoms with Crippen LogP contribution in [0, 0.1) is 0 Å². The van der Waals surface area contributed by atoms with E-state index >= 15 is 0 Å². The standard InChI is InChI=1S/C24H26N4.4F6P/c1-25-17-21(19-27-13-5-3-6-14-27)9-11-23(25)24-12-10-22(18-26(24)2)20-28-15-7-4-8-16-28;4*1-7(2,3,4,5)6/h3-18H,19-20H2,1-2H3;;;;/q+4;4*-1. The Balaban J connectivity index is 0.000000878. The molecule has 32 heteroatoms. The van der Waals surface area contributed by atoms with Crippen LogP contribution < -0.4 is 18.3 Å². The number of rotatable bonds is 5. The van der Waals surface area contributed by atoms with Gasteiger partial charge in [0.05, 0.1) is 11.1 Å². The van der Waals surface area contributed by atoms with Gasteiger partial charge in [-0.2, -0.15) is 9.13 Å². The van der Waals surface area contributed by atoms with Gasteiger partial charge in [-0.15, -0.1) is 0 Å². The normalized spacial score (nSPS) is 17.0. The molecule has 4 aromatic rings. The van der Waals surface area contributed by atoms with Crippen LogP contribution in [0.5, 0.6) is 0 Å². The second kappa shape index (κ2) is 13.6. The first-order valence-electron chi connectivity index (χ1n) is 13.6. The van der Waals surface area contributed by atoms with Crippen LogP contribution in [0.15, 0.2) is 97.8 Å². The summed E-state index contributed by atoms with van der Waals surface area (Å²) in [6.45, 7) is 1.74. The fourth-order valence-electron chi connectivity index (χ4n) is 3.55. The van der Waals surface area contributed by atoms with E-state index in [0.29, 0.717) is 0 Å². The van der Waals surface area contributed by atoms with Crippen molar-refractivity contribution in [3.8, 4) is 11.4 Å². The van der Waals surface area contributed by atoms with Gasteiger partial charge in [0.2, 0.25) is 0 Å². The SMILES string of the molecule is C[n+]1cc(C[n+]2ccccc2)ccc1-c1ccc(C[n+]2ccccc2)c[n+]1C.F[P-](F)(F)(F)(F)F.F[P-](F)(F)(F)(F)F.F[P-](F)(F)(F)(F)F.F[P-](F)(F)(F)(F)F. The molecule has 4 nitrogen and oxygen atoms in total. The maximum absolute atomic E-state index is 10.7. The number of hydrogen-bond acceptors (Lipinski definition) is 0. The van der Waals surface area contributed by atoms with Crippen LogP contribution in [-0.2, 0) is 27.2 Å². The van der Waals surface area contributed by atoms with Crippen molar-refractivity contribution in [2.75, 3.05) is 0 Å². The molecule has 0 aromatic carbocycles. The van der Waals surface area contributed by atoms with Crippen molar-refractivity contribution in [3.05, 3.63) is 109 Å². The van der Waals surface area contributed by atoms with E-state index in [2.05, 4.69) is 118 Å². The minimum atomic E-state index is -10.7. The van der Waals surface area contributed by atoms with Gasteiger partial charge in [0.25, 0.3) is 11.4 Å². The molecule has 0 spiro atoms. The van der Waals surface area contributed by atoms with Crippen molar-refractivity contribution in [1.29, 1.82) is 0 Å². The van der Waals surface area contributed by atoms with Crippen LogP contribution in [0.1, 0.15) is 11.1 Å². The number of pyridine rings is 4. The number of aromatic nitrogens is 4. The second-order valence-corrected chi connectivity index (χ2v) is 18.7. The van der Waals surface area contributed by atoms with E-state index in [1.54, 1.807) is 0 Å². The third kappa shape index (κ3) is 48.7. The molecule has 0 unspecified atom stereocenters. The van der Waals surface area contributed by atoms with Crippen LogP contribution in [-0.4, -0.2) is 0 Å². The summed E-state index contributed by atoms with van der Waals surface area (Å²) in [5.41, 5.74) is 4.95. The molecule has 0 aliphatic heterocycles. The molecule has 0 atom stereocenters. The third-order valence-electron chi connectivity index (χ3n) is 4.94. The molecule has 0 N–H and O–H groups in total. The molecule has 0 saturated carbocycles. The van der Waals surface area contributed by atoms with E-state index in [1.807, 2.05) is 12.1 Å². The molecular weight excluding hydrogens is 924 g/mol. The van der Waals surface area contributed by atoms with Crippen molar-refractivity contribution in [1.82, 2.24) is 0 Å². The van der Waals surface area contributed by atoms with Gasteiger partial charge in [-0.1, -0.05) is 12.1 Å². The molecule has 0 amide bonds. The van der Waals surface area contributed by atoms with Crippen molar-refractivity contribution < 1.29 is 119 Å². The molecule has 4 rings (SSSR count). The molecule has 330 valence electrons. The average Bonchev–Trinajstić information content (AvgIpc) is 2.83. The Hall–Kier alpha value is -3.36. The molecule has 0 aliphatic carbocycles. The van der Waals surface area contributed by atoms with Crippen molar-refractivity contribution >= 4 is 31.2 Å². The number of aryl methyl sites for hydroxylation is 2. The Morgan fingerprint density at radius 2 is 0.536 bits per heavy atom. The summed E-state index contributed by atoms with van der Waals surface area (Å²) in [4.78, 5) is 0. The quantitative estimate of drug-likeness (QED) is 0.108. The zero-order chi connectivity index (χ0) is 45.0. The summed E-state index contributed by atoms with van der Waals surface area (Å²) >= 11 is 0. The summed E-state index contributed by atoms with van der Waals surface area (Å²) in [6, 6.07) is 21.2. The number of hydrogen-bond donors (Lipinski definition) is 0. The maximum atomic E-state index is 9.87. The fourth-order valence-corrected chi connectivity index (χ4v) is 3.55. The van der Waals surface area contributed by atoms with E-state index in [-0.39, 0.29) is 0 Å². The van der Waals surface area contributed by atoms with Gasteiger partial charge in [-0.05, 0) is 12.1 Å². The van der Waals surface area contributed by atoms with Gasteiger partial charge < -0.3 is 0 Å². The third-order valence-corrected chi connectivity index (χ3v) is 4.94. The molecule has 0 saturated heterocycles. The van der Waals surface area contributed by atoms with Gasteiger partial charge >= 0.3 is 132 Å². The van der Waals surface area contributed by atoms with E-state index in [4.69, 9.17) is 0 Å². The fraction of sp³-hybridized carbons (Fsp3) is 0.167. The first-order valence-corrected chi connectivity index (χ1v) is 21.7. The predicted octanol–water partition coefficient (Wildman–Crippen LogP) is 15.2. The molecule has 0 radical (unpaired) electrons. The summed E-state index contributed by atoms with van der Waals surface area (Å²) in [6.07, 6.45) is 12.8. The van der Waals surface area contributed by atoms with E-state index < -0.39 is 31.2 Å². The molecule has 4 aromatic heterocycles. The van der Waals surface area contributed by atoms with Gasteiger partial charge in [-0.3, -0.25) is 0 Å². The summed E-state index contributed by atoms with van der Waals surface area (Å²) in [7, 11) is -38.4. The second-order valence-electron chi connectivity index (χ2n) is 11.0. The van der Waals surface area contributed by atoms with Crippen molar-refractivity contribution in [3.63, 3.8) is 0 Å². The summed E-state index contributed by atoms with van der Waals surface area (Å²) in [5, 5.41) is 0. The Labute approximate surface area is 298 Å². The summed E-state index contributed by atoms with van der Waals surface area (Å²) in [5.74, 6) is 0. The topological polar surface area (TPSA) is 15.5 Å². The van der Waals surface area contributed by atoms with E-state index in [0.717, 1.165) is 13.1 Å². The minimum absolute atomic E-state index is 0.869. The van der Waals surface area contributed by atoms with Gasteiger partial charge in [0.1, 0.15) is 14.1 Å².